The largest absolute Gasteiger partial charge is 0.245 e. The van der Waals surface area contributed by atoms with Crippen LogP contribution in [0.3, 0.4) is 0 Å². The second kappa shape index (κ2) is 3.32. The van der Waals surface area contributed by atoms with Gasteiger partial charge in [-0.3, -0.25) is 0 Å². The van der Waals surface area contributed by atoms with E-state index < -0.39 is 15.6 Å². The first kappa shape index (κ1) is 8.68. The lowest BCUT2D eigenvalue weighted by Gasteiger charge is -1.95. The number of hydrogen-bond donors (Lipinski definition) is 0. The molecular weight excluding hydrogens is 176 g/mol. The van der Waals surface area contributed by atoms with Crippen LogP contribution in [0.1, 0.15) is 0 Å². The SMILES string of the molecule is N#CCS(=O)(=O)c1ccccn1. The van der Waals surface area contributed by atoms with E-state index in [1.165, 1.54) is 12.3 Å². The Morgan fingerprint density at radius 1 is 1.50 bits per heavy atom. The first-order valence-electron chi connectivity index (χ1n) is 3.17. The highest BCUT2D eigenvalue weighted by molar-refractivity contribution is 7.91. The maximum atomic E-state index is 11.1. The summed E-state index contributed by atoms with van der Waals surface area (Å²) >= 11 is 0. The average molecular weight is 182 g/mol. The average Bonchev–Trinajstić information content (AvgIpc) is 2.06. The van der Waals surface area contributed by atoms with Gasteiger partial charge in [0.25, 0.3) is 0 Å². The molecule has 0 bridgehead atoms. The minimum absolute atomic E-state index is 0.0495. The fraction of sp³-hybridized carbons (Fsp3) is 0.143. The van der Waals surface area contributed by atoms with Crippen LogP contribution in [0.4, 0.5) is 0 Å². The molecule has 0 spiro atoms. The first-order valence-corrected chi connectivity index (χ1v) is 4.83. The molecule has 4 nitrogen and oxygen atoms in total. The molecule has 0 aliphatic carbocycles. The van der Waals surface area contributed by atoms with Crippen molar-refractivity contribution in [3.8, 4) is 6.07 Å². The van der Waals surface area contributed by atoms with E-state index in [1.54, 1.807) is 18.2 Å². The number of pyridine rings is 1. The Labute approximate surface area is 70.4 Å². The van der Waals surface area contributed by atoms with Crippen LogP contribution < -0.4 is 0 Å². The molecule has 1 rings (SSSR count). The highest BCUT2D eigenvalue weighted by atomic mass is 32.2. The lowest BCUT2D eigenvalue weighted by Crippen LogP contribution is -2.06. The zero-order valence-electron chi connectivity index (χ0n) is 6.14. The Kier molecular flexibility index (Phi) is 2.41. The zero-order valence-corrected chi connectivity index (χ0v) is 6.95. The Hall–Kier alpha value is -1.41. The fourth-order valence-electron chi connectivity index (χ4n) is 0.690. The van der Waals surface area contributed by atoms with E-state index in [0.717, 1.165) is 0 Å². The fourth-order valence-corrected chi connectivity index (χ4v) is 1.52. The first-order chi connectivity index (χ1) is 5.67. The molecule has 0 aliphatic heterocycles. The summed E-state index contributed by atoms with van der Waals surface area (Å²) in [4.78, 5) is 3.63. The maximum Gasteiger partial charge on any atom is 0.208 e. The van der Waals surface area contributed by atoms with E-state index in [2.05, 4.69) is 4.98 Å². The summed E-state index contributed by atoms with van der Waals surface area (Å²) in [7, 11) is -3.48. The van der Waals surface area contributed by atoms with Gasteiger partial charge in [-0.05, 0) is 12.1 Å². The van der Waals surface area contributed by atoms with Gasteiger partial charge in [-0.25, -0.2) is 13.4 Å². The molecule has 5 heteroatoms. The highest BCUT2D eigenvalue weighted by Crippen LogP contribution is 2.04. The molecule has 1 aromatic rings. The molecule has 0 N–H and O–H groups in total. The maximum absolute atomic E-state index is 11.1. The van der Waals surface area contributed by atoms with E-state index in [-0.39, 0.29) is 5.03 Å². The summed E-state index contributed by atoms with van der Waals surface area (Å²) in [6.07, 6.45) is 1.38. The van der Waals surface area contributed by atoms with Gasteiger partial charge in [-0.1, -0.05) is 6.07 Å². The van der Waals surface area contributed by atoms with E-state index in [9.17, 15) is 8.42 Å². The molecule has 62 valence electrons. The predicted octanol–water partition coefficient (Wildman–Crippen LogP) is 0.379. The molecule has 0 saturated carbocycles. The number of sulfone groups is 1. The number of hydrogen-bond acceptors (Lipinski definition) is 4. The normalized spacial score (nSPS) is 10.6. The molecule has 0 radical (unpaired) electrons. The molecule has 1 aromatic heterocycles. The predicted molar refractivity (Wildman–Crippen MR) is 41.9 cm³/mol. The van der Waals surface area contributed by atoms with E-state index in [4.69, 9.17) is 5.26 Å². The van der Waals surface area contributed by atoms with Crippen molar-refractivity contribution in [3.05, 3.63) is 24.4 Å². The van der Waals surface area contributed by atoms with Crippen molar-refractivity contribution in [1.29, 1.82) is 5.26 Å². The van der Waals surface area contributed by atoms with E-state index in [1.807, 2.05) is 0 Å². The van der Waals surface area contributed by atoms with Crippen molar-refractivity contribution in [1.82, 2.24) is 4.98 Å². The molecule has 0 atom stereocenters. The highest BCUT2D eigenvalue weighted by Gasteiger charge is 2.13. The van der Waals surface area contributed by atoms with Gasteiger partial charge >= 0.3 is 0 Å². The minimum Gasteiger partial charge on any atom is -0.245 e. The Morgan fingerprint density at radius 2 is 2.25 bits per heavy atom. The topological polar surface area (TPSA) is 70.8 Å². The number of aromatic nitrogens is 1. The molecular formula is C7H6N2O2S. The lowest BCUT2D eigenvalue weighted by molar-refractivity contribution is 0.595. The summed E-state index contributed by atoms with van der Waals surface area (Å²) in [5.41, 5.74) is 0. The standard InChI is InChI=1S/C7H6N2O2S/c8-4-6-12(10,11)7-3-1-2-5-9-7/h1-3,5H,6H2. The van der Waals surface area contributed by atoms with Crippen molar-refractivity contribution in [2.45, 2.75) is 5.03 Å². The lowest BCUT2D eigenvalue weighted by atomic mass is 10.5. The van der Waals surface area contributed by atoms with Crippen molar-refractivity contribution in [3.63, 3.8) is 0 Å². The van der Waals surface area contributed by atoms with Crippen LogP contribution in [0.5, 0.6) is 0 Å². The summed E-state index contributed by atoms with van der Waals surface area (Å²) in [5.74, 6) is -0.524. The summed E-state index contributed by atoms with van der Waals surface area (Å²) in [5, 5.41) is 8.16. The number of nitrogens with zero attached hydrogens (tertiary/aromatic N) is 2. The van der Waals surface area contributed by atoms with Crippen LogP contribution >= 0.6 is 0 Å². The molecule has 1 heterocycles. The molecule has 0 aliphatic rings. The third-order valence-electron chi connectivity index (χ3n) is 1.21. The Balaban J connectivity index is 3.09. The summed E-state index contributed by atoms with van der Waals surface area (Å²) in [6.45, 7) is 0. The van der Waals surface area contributed by atoms with Gasteiger partial charge in [0.15, 0.2) is 5.03 Å². The molecule has 0 unspecified atom stereocenters. The van der Waals surface area contributed by atoms with Gasteiger partial charge in [0.2, 0.25) is 9.84 Å². The molecule has 0 saturated heterocycles. The van der Waals surface area contributed by atoms with Gasteiger partial charge in [0.1, 0.15) is 5.75 Å². The van der Waals surface area contributed by atoms with Crippen molar-refractivity contribution < 1.29 is 8.42 Å². The van der Waals surface area contributed by atoms with Gasteiger partial charge in [0.05, 0.1) is 6.07 Å². The number of rotatable bonds is 2. The van der Waals surface area contributed by atoms with Crippen molar-refractivity contribution in [2.24, 2.45) is 0 Å². The van der Waals surface area contributed by atoms with E-state index in [0.29, 0.717) is 0 Å². The summed E-state index contributed by atoms with van der Waals surface area (Å²) < 4.78 is 22.3. The molecule has 0 amide bonds. The van der Waals surface area contributed by atoms with Crippen LogP contribution in [0.25, 0.3) is 0 Å². The quantitative estimate of drug-likeness (QED) is 0.662. The van der Waals surface area contributed by atoms with Gasteiger partial charge < -0.3 is 0 Å². The molecule has 12 heavy (non-hydrogen) atoms. The van der Waals surface area contributed by atoms with Crippen molar-refractivity contribution >= 4 is 9.84 Å². The molecule has 0 aromatic carbocycles. The Morgan fingerprint density at radius 3 is 2.75 bits per heavy atom. The van der Waals surface area contributed by atoms with Crippen LogP contribution in [0.2, 0.25) is 0 Å². The third kappa shape index (κ3) is 1.80. The van der Waals surface area contributed by atoms with Gasteiger partial charge in [-0.2, -0.15) is 5.26 Å². The summed E-state index contributed by atoms with van der Waals surface area (Å²) in [6, 6.07) is 6.13. The van der Waals surface area contributed by atoms with Crippen LogP contribution in [-0.4, -0.2) is 19.2 Å². The van der Waals surface area contributed by atoms with Gasteiger partial charge in [0, 0.05) is 6.20 Å². The van der Waals surface area contributed by atoms with E-state index >= 15 is 0 Å². The smallest absolute Gasteiger partial charge is 0.208 e. The van der Waals surface area contributed by atoms with Crippen LogP contribution in [0, 0.1) is 11.3 Å². The second-order valence-electron chi connectivity index (χ2n) is 2.09. The minimum atomic E-state index is -3.48. The zero-order chi connectivity index (χ0) is 9.03. The van der Waals surface area contributed by atoms with Crippen molar-refractivity contribution in [2.75, 3.05) is 5.75 Å². The number of nitriles is 1. The van der Waals surface area contributed by atoms with Gasteiger partial charge in [-0.15, -0.1) is 0 Å². The monoisotopic (exact) mass is 182 g/mol. The Bertz CT molecular complexity index is 391. The second-order valence-corrected chi connectivity index (χ2v) is 4.02. The van der Waals surface area contributed by atoms with Crippen LogP contribution in [-0.2, 0) is 9.84 Å². The third-order valence-corrected chi connectivity index (χ3v) is 2.60. The molecule has 0 fully saturated rings. The van der Waals surface area contributed by atoms with Crippen LogP contribution in [0.15, 0.2) is 29.4 Å².